The maximum absolute atomic E-state index is 12.2. The van der Waals surface area contributed by atoms with Crippen LogP contribution in [0.3, 0.4) is 0 Å². The van der Waals surface area contributed by atoms with Gasteiger partial charge in [0, 0.05) is 17.7 Å². The zero-order valence-corrected chi connectivity index (χ0v) is 13.1. The molecule has 0 radical (unpaired) electrons. The van der Waals surface area contributed by atoms with E-state index in [2.05, 4.69) is 30.3 Å². The summed E-state index contributed by atoms with van der Waals surface area (Å²) in [5, 5.41) is 2.98. The fraction of sp³-hybridized carbons (Fsp3) is 0.438. The summed E-state index contributed by atoms with van der Waals surface area (Å²) < 4.78 is 0. The zero-order valence-electron chi connectivity index (χ0n) is 12.3. The predicted molar refractivity (Wildman–Crippen MR) is 87.0 cm³/mol. The van der Waals surface area contributed by atoms with Gasteiger partial charge in [0.25, 0.3) is 5.91 Å². The molecule has 3 N–H and O–H groups in total. The van der Waals surface area contributed by atoms with Crippen molar-refractivity contribution in [2.75, 3.05) is 25.1 Å². The number of amides is 1. The molecule has 0 fully saturated rings. The highest BCUT2D eigenvalue weighted by Crippen LogP contribution is 2.11. The number of hydrogen-bond acceptors (Lipinski definition) is 3. The molecule has 4 heteroatoms. The summed E-state index contributed by atoms with van der Waals surface area (Å²) in [4.78, 5) is 12.2. The predicted octanol–water partition coefficient (Wildman–Crippen LogP) is 2.03. The Hall–Kier alpha value is -1.44. The van der Waals surface area contributed by atoms with Crippen molar-refractivity contribution < 1.29 is 4.79 Å². The number of carbonyl (C=O) groups excluding carboxylic acids is 1. The molecule has 0 heterocycles. The van der Waals surface area contributed by atoms with Crippen LogP contribution in [0.15, 0.2) is 18.2 Å². The number of rotatable bonds is 5. The second kappa shape index (κ2) is 8.68. The second-order valence-electron chi connectivity index (χ2n) is 4.81. The number of hydrogen-bond donors (Lipinski definition) is 2. The van der Waals surface area contributed by atoms with Crippen LogP contribution in [0.4, 0.5) is 0 Å². The van der Waals surface area contributed by atoms with Gasteiger partial charge in [0.1, 0.15) is 0 Å². The van der Waals surface area contributed by atoms with Gasteiger partial charge in [0.15, 0.2) is 0 Å². The van der Waals surface area contributed by atoms with Crippen LogP contribution in [0.2, 0.25) is 0 Å². The van der Waals surface area contributed by atoms with E-state index in [1.165, 1.54) is 0 Å². The van der Waals surface area contributed by atoms with Gasteiger partial charge in [-0.2, -0.15) is 11.8 Å². The van der Waals surface area contributed by atoms with Gasteiger partial charge in [0.2, 0.25) is 0 Å². The third-order valence-corrected chi connectivity index (χ3v) is 3.78. The van der Waals surface area contributed by atoms with E-state index in [-0.39, 0.29) is 5.91 Å². The summed E-state index contributed by atoms with van der Waals surface area (Å²) in [6.45, 7) is 5.08. The van der Waals surface area contributed by atoms with Crippen molar-refractivity contribution in [2.45, 2.75) is 13.8 Å². The van der Waals surface area contributed by atoms with E-state index in [1.54, 1.807) is 11.8 Å². The Morgan fingerprint density at radius 3 is 2.90 bits per heavy atom. The number of benzene rings is 1. The molecule has 1 atom stereocenters. The highest BCUT2D eigenvalue weighted by molar-refractivity contribution is 7.98. The summed E-state index contributed by atoms with van der Waals surface area (Å²) in [5.41, 5.74) is 7.82. The van der Waals surface area contributed by atoms with E-state index in [0.29, 0.717) is 24.6 Å². The maximum Gasteiger partial charge on any atom is 0.251 e. The van der Waals surface area contributed by atoms with Gasteiger partial charge >= 0.3 is 0 Å². The molecule has 0 aliphatic rings. The molecule has 1 unspecified atom stereocenters. The Kier molecular flexibility index (Phi) is 7.21. The van der Waals surface area contributed by atoms with Crippen molar-refractivity contribution in [1.29, 1.82) is 0 Å². The highest BCUT2D eigenvalue weighted by Gasteiger charge is 2.10. The molecule has 108 valence electrons. The van der Waals surface area contributed by atoms with Crippen LogP contribution >= 0.6 is 11.8 Å². The molecule has 0 saturated carbocycles. The number of nitrogens with two attached hydrogens (primary N) is 1. The van der Waals surface area contributed by atoms with E-state index in [9.17, 15) is 4.79 Å². The first-order valence-corrected chi connectivity index (χ1v) is 8.04. The van der Waals surface area contributed by atoms with Crippen molar-refractivity contribution in [3.63, 3.8) is 0 Å². The first kappa shape index (κ1) is 16.6. The molecule has 1 aromatic rings. The van der Waals surface area contributed by atoms with Crippen LogP contribution in [-0.4, -0.2) is 31.0 Å². The highest BCUT2D eigenvalue weighted by atomic mass is 32.2. The standard InChI is InChI=1S/C16H22N2OS/c1-12(11-20-3)10-18-16(19)15-9-14(5-4-8-17)7-6-13(15)2/h6-7,9,12H,8,10-11,17H2,1-3H3,(H,18,19). The minimum Gasteiger partial charge on any atom is -0.352 e. The van der Waals surface area contributed by atoms with Gasteiger partial charge in [-0.3, -0.25) is 4.79 Å². The normalized spacial score (nSPS) is 11.4. The molecule has 1 amide bonds. The minimum absolute atomic E-state index is 0.0353. The SMILES string of the molecule is CSCC(C)CNC(=O)c1cc(C#CCN)ccc1C. The van der Waals surface area contributed by atoms with Gasteiger partial charge in [-0.25, -0.2) is 0 Å². The molecular weight excluding hydrogens is 268 g/mol. The van der Waals surface area contributed by atoms with Gasteiger partial charge in [-0.15, -0.1) is 0 Å². The third kappa shape index (κ3) is 5.28. The van der Waals surface area contributed by atoms with E-state index >= 15 is 0 Å². The molecule has 0 saturated heterocycles. The minimum atomic E-state index is -0.0353. The molecule has 0 aliphatic carbocycles. The van der Waals surface area contributed by atoms with Crippen molar-refractivity contribution in [3.05, 3.63) is 34.9 Å². The first-order valence-electron chi connectivity index (χ1n) is 6.65. The average molecular weight is 290 g/mol. The number of carbonyl (C=O) groups is 1. The van der Waals surface area contributed by atoms with Crippen LogP contribution < -0.4 is 11.1 Å². The lowest BCUT2D eigenvalue weighted by Crippen LogP contribution is -2.29. The molecule has 0 aliphatic heterocycles. The molecule has 3 nitrogen and oxygen atoms in total. The quantitative estimate of drug-likeness (QED) is 0.816. The molecule has 1 rings (SSSR count). The lowest BCUT2D eigenvalue weighted by atomic mass is 10.0. The van der Waals surface area contributed by atoms with Crippen molar-refractivity contribution in [1.82, 2.24) is 5.32 Å². The van der Waals surface area contributed by atoms with Crippen LogP contribution in [0, 0.1) is 24.7 Å². The maximum atomic E-state index is 12.2. The van der Waals surface area contributed by atoms with E-state index in [0.717, 1.165) is 16.9 Å². The van der Waals surface area contributed by atoms with Crippen LogP contribution in [0.5, 0.6) is 0 Å². The van der Waals surface area contributed by atoms with Gasteiger partial charge in [-0.1, -0.05) is 24.8 Å². The number of thioether (sulfide) groups is 1. The molecule has 1 aromatic carbocycles. The zero-order chi connectivity index (χ0) is 15.0. The lowest BCUT2D eigenvalue weighted by Gasteiger charge is -2.12. The fourth-order valence-electron chi connectivity index (χ4n) is 1.80. The van der Waals surface area contributed by atoms with Gasteiger partial charge in [0.05, 0.1) is 6.54 Å². The van der Waals surface area contributed by atoms with Crippen LogP contribution in [-0.2, 0) is 0 Å². The Labute approximate surface area is 125 Å². The Morgan fingerprint density at radius 2 is 2.25 bits per heavy atom. The Bertz CT molecular complexity index is 517. The topological polar surface area (TPSA) is 55.1 Å². The Balaban J connectivity index is 2.76. The third-order valence-electron chi connectivity index (χ3n) is 2.88. The summed E-state index contributed by atoms with van der Waals surface area (Å²) in [6, 6.07) is 5.65. The first-order chi connectivity index (χ1) is 9.58. The monoisotopic (exact) mass is 290 g/mol. The molecule has 0 spiro atoms. The van der Waals surface area contributed by atoms with Gasteiger partial charge in [-0.05, 0) is 42.5 Å². The van der Waals surface area contributed by atoms with Crippen molar-refractivity contribution in [3.8, 4) is 11.8 Å². The molecule has 20 heavy (non-hydrogen) atoms. The molecule has 0 aromatic heterocycles. The van der Waals surface area contributed by atoms with Crippen molar-refractivity contribution >= 4 is 17.7 Å². The fourth-order valence-corrected chi connectivity index (χ4v) is 2.49. The average Bonchev–Trinajstić information content (AvgIpc) is 2.44. The van der Waals surface area contributed by atoms with E-state index in [4.69, 9.17) is 5.73 Å². The van der Waals surface area contributed by atoms with E-state index in [1.807, 2.05) is 25.1 Å². The van der Waals surface area contributed by atoms with Crippen LogP contribution in [0.1, 0.15) is 28.4 Å². The Morgan fingerprint density at radius 1 is 1.50 bits per heavy atom. The number of aryl methyl sites for hydroxylation is 1. The van der Waals surface area contributed by atoms with Crippen LogP contribution in [0.25, 0.3) is 0 Å². The van der Waals surface area contributed by atoms with Crippen molar-refractivity contribution in [2.24, 2.45) is 11.7 Å². The summed E-state index contributed by atoms with van der Waals surface area (Å²) in [6.07, 6.45) is 2.07. The molecule has 0 bridgehead atoms. The smallest absolute Gasteiger partial charge is 0.251 e. The summed E-state index contributed by atoms with van der Waals surface area (Å²) in [5.74, 6) is 7.23. The largest absolute Gasteiger partial charge is 0.352 e. The summed E-state index contributed by atoms with van der Waals surface area (Å²) in [7, 11) is 0. The van der Waals surface area contributed by atoms with Gasteiger partial charge < -0.3 is 11.1 Å². The molecular formula is C16H22N2OS. The number of nitrogens with one attached hydrogen (secondary N) is 1. The lowest BCUT2D eigenvalue weighted by molar-refractivity contribution is 0.0948. The summed E-state index contributed by atoms with van der Waals surface area (Å²) >= 11 is 1.79. The van der Waals surface area contributed by atoms with E-state index < -0.39 is 0 Å². The second-order valence-corrected chi connectivity index (χ2v) is 5.72.